The molecule has 1 saturated heterocycles. The van der Waals surface area contributed by atoms with E-state index in [2.05, 4.69) is 4.72 Å². The Morgan fingerprint density at radius 3 is 2.86 bits per heavy atom. The summed E-state index contributed by atoms with van der Waals surface area (Å²) in [6.45, 7) is 0.906. The van der Waals surface area contributed by atoms with Crippen LogP contribution in [0.1, 0.15) is 23.2 Å². The second kappa shape index (κ2) is 6.21. The van der Waals surface area contributed by atoms with Crippen molar-refractivity contribution in [1.29, 1.82) is 0 Å². The van der Waals surface area contributed by atoms with Crippen LogP contribution in [0.5, 0.6) is 0 Å². The molecule has 1 unspecified atom stereocenters. The lowest BCUT2D eigenvalue weighted by Crippen LogP contribution is -2.49. The van der Waals surface area contributed by atoms with E-state index in [9.17, 15) is 13.2 Å². The van der Waals surface area contributed by atoms with Crippen LogP contribution in [0.3, 0.4) is 0 Å². The van der Waals surface area contributed by atoms with Crippen molar-refractivity contribution in [3.8, 4) is 0 Å². The van der Waals surface area contributed by atoms with E-state index in [1.54, 1.807) is 23.1 Å². The highest BCUT2D eigenvalue weighted by molar-refractivity contribution is 7.88. The molecule has 8 heteroatoms. The Kier molecular flexibility index (Phi) is 4.75. The standard InChI is InChI=1S/C13H18ClN3O3S/c1-21(19,20)16-9-4-3-7-17(8-9)13(18)10-5-2-6-11(15)12(10)14/h2,5-6,9,16H,3-4,7-8,15H2,1H3. The Balaban J connectivity index is 2.14. The third-order valence-corrected chi connectivity index (χ3v) is 4.53. The monoisotopic (exact) mass is 331 g/mol. The highest BCUT2D eigenvalue weighted by Crippen LogP contribution is 2.25. The van der Waals surface area contributed by atoms with Crippen LogP contribution in [-0.4, -0.2) is 44.6 Å². The zero-order chi connectivity index (χ0) is 15.6. The number of nitrogen functional groups attached to an aromatic ring is 1. The van der Waals surface area contributed by atoms with Gasteiger partial charge in [0.1, 0.15) is 0 Å². The molecule has 1 atom stereocenters. The second-order valence-corrected chi connectivity index (χ2v) is 7.35. The SMILES string of the molecule is CS(=O)(=O)NC1CCCN(C(=O)c2cccc(N)c2Cl)C1. The Morgan fingerprint density at radius 2 is 2.19 bits per heavy atom. The largest absolute Gasteiger partial charge is 0.398 e. The van der Waals surface area contributed by atoms with Gasteiger partial charge >= 0.3 is 0 Å². The first-order chi connectivity index (χ1) is 9.78. The van der Waals surface area contributed by atoms with Gasteiger partial charge in [-0.2, -0.15) is 0 Å². The molecule has 1 heterocycles. The summed E-state index contributed by atoms with van der Waals surface area (Å²) in [6.07, 6.45) is 2.56. The lowest BCUT2D eigenvalue weighted by atomic mass is 10.1. The van der Waals surface area contributed by atoms with Gasteiger partial charge < -0.3 is 10.6 Å². The second-order valence-electron chi connectivity index (χ2n) is 5.19. The van der Waals surface area contributed by atoms with Crippen LogP contribution in [0, 0.1) is 0 Å². The molecule has 0 bridgehead atoms. The number of hydrogen-bond acceptors (Lipinski definition) is 4. The number of likely N-dealkylation sites (tertiary alicyclic amines) is 1. The summed E-state index contributed by atoms with van der Waals surface area (Å²) in [5.41, 5.74) is 6.40. The summed E-state index contributed by atoms with van der Waals surface area (Å²) in [4.78, 5) is 14.1. The first-order valence-corrected chi connectivity index (χ1v) is 8.85. The Labute approximate surface area is 129 Å². The van der Waals surface area contributed by atoms with Gasteiger partial charge in [-0.1, -0.05) is 17.7 Å². The molecule has 116 valence electrons. The van der Waals surface area contributed by atoms with Crippen molar-refractivity contribution in [1.82, 2.24) is 9.62 Å². The number of carbonyl (C=O) groups excluding carboxylic acids is 1. The highest BCUT2D eigenvalue weighted by atomic mass is 35.5. The summed E-state index contributed by atoms with van der Waals surface area (Å²) in [6, 6.07) is 4.65. The minimum atomic E-state index is -3.29. The Hall–Kier alpha value is -1.31. The number of benzene rings is 1. The van der Waals surface area contributed by atoms with Crippen molar-refractivity contribution in [3.63, 3.8) is 0 Å². The summed E-state index contributed by atoms with van der Waals surface area (Å²) in [5.74, 6) is -0.229. The van der Waals surface area contributed by atoms with E-state index in [1.807, 2.05) is 0 Å². The molecule has 0 spiro atoms. The van der Waals surface area contributed by atoms with E-state index in [1.165, 1.54) is 0 Å². The predicted molar refractivity (Wildman–Crippen MR) is 82.8 cm³/mol. The highest BCUT2D eigenvalue weighted by Gasteiger charge is 2.27. The van der Waals surface area contributed by atoms with E-state index >= 15 is 0 Å². The molecule has 1 fully saturated rings. The van der Waals surface area contributed by atoms with Gasteiger partial charge in [-0.25, -0.2) is 13.1 Å². The molecule has 0 radical (unpaired) electrons. The van der Waals surface area contributed by atoms with Crippen molar-refractivity contribution in [2.24, 2.45) is 0 Å². The minimum absolute atomic E-state index is 0.229. The van der Waals surface area contributed by atoms with Crippen LogP contribution in [0.4, 0.5) is 5.69 Å². The van der Waals surface area contributed by atoms with Gasteiger partial charge in [-0.05, 0) is 25.0 Å². The van der Waals surface area contributed by atoms with Crippen molar-refractivity contribution < 1.29 is 13.2 Å². The first kappa shape index (κ1) is 16.1. The fourth-order valence-corrected chi connectivity index (χ4v) is 3.45. The summed E-state index contributed by atoms with van der Waals surface area (Å²) < 4.78 is 25.1. The number of nitrogens with one attached hydrogen (secondary N) is 1. The lowest BCUT2D eigenvalue weighted by Gasteiger charge is -2.33. The van der Waals surface area contributed by atoms with Gasteiger partial charge in [0.15, 0.2) is 0 Å². The van der Waals surface area contributed by atoms with Crippen LogP contribution >= 0.6 is 11.6 Å². The Bertz CT molecular complexity index is 648. The minimum Gasteiger partial charge on any atom is -0.398 e. The zero-order valence-electron chi connectivity index (χ0n) is 11.7. The molecule has 2 rings (SSSR count). The number of rotatable bonds is 3. The fourth-order valence-electron chi connectivity index (χ4n) is 2.45. The molecule has 0 aliphatic carbocycles. The molecule has 0 aromatic heterocycles. The molecule has 1 aliphatic rings. The van der Waals surface area contributed by atoms with Crippen molar-refractivity contribution in [2.45, 2.75) is 18.9 Å². The quantitative estimate of drug-likeness (QED) is 0.810. The van der Waals surface area contributed by atoms with Gasteiger partial charge in [0.05, 0.1) is 22.5 Å². The van der Waals surface area contributed by atoms with Crippen LogP contribution in [0.25, 0.3) is 0 Å². The Morgan fingerprint density at radius 1 is 1.48 bits per heavy atom. The number of nitrogens with zero attached hydrogens (tertiary/aromatic N) is 1. The maximum absolute atomic E-state index is 12.5. The molecule has 1 amide bonds. The maximum atomic E-state index is 12.5. The van der Waals surface area contributed by atoms with Crippen LogP contribution in [-0.2, 0) is 10.0 Å². The van der Waals surface area contributed by atoms with Gasteiger partial charge in [-0.3, -0.25) is 4.79 Å². The molecular weight excluding hydrogens is 314 g/mol. The number of hydrogen-bond donors (Lipinski definition) is 2. The maximum Gasteiger partial charge on any atom is 0.255 e. The third-order valence-electron chi connectivity index (χ3n) is 3.35. The van der Waals surface area contributed by atoms with Gasteiger partial charge in [0.25, 0.3) is 5.91 Å². The van der Waals surface area contributed by atoms with E-state index in [-0.39, 0.29) is 17.0 Å². The summed E-state index contributed by atoms with van der Waals surface area (Å²) >= 11 is 6.07. The summed E-state index contributed by atoms with van der Waals surface area (Å²) in [7, 11) is -3.29. The van der Waals surface area contributed by atoms with E-state index in [4.69, 9.17) is 17.3 Å². The first-order valence-electron chi connectivity index (χ1n) is 6.58. The van der Waals surface area contributed by atoms with Crippen molar-refractivity contribution in [3.05, 3.63) is 28.8 Å². The van der Waals surface area contributed by atoms with Gasteiger partial charge in [-0.15, -0.1) is 0 Å². The zero-order valence-corrected chi connectivity index (χ0v) is 13.2. The number of piperidine rings is 1. The van der Waals surface area contributed by atoms with Crippen molar-refractivity contribution in [2.75, 3.05) is 25.1 Å². The normalized spacial score (nSPS) is 19.5. The summed E-state index contributed by atoms with van der Waals surface area (Å²) in [5, 5.41) is 0.237. The molecule has 1 aromatic rings. The van der Waals surface area contributed by atoms with Gasteiger partial charge in [0.2, 0.25) is 10.0 Å². The third kappa shape index (κ3) is 4.09. The average Bonchev–Trinajstić information content (AvgIpc) is 2.39. The van der Waals surface area contributed by atoms with Crippen molar-refractivity contribution >= 4 is 33.2 Å². The molecule has 1 aromatic carbocycles. The molecule has 0 saturated carbocycles. The molecule has 6 nitrogen and oxygen atoms in total. The number of sulfonamides is 1. The van der Waals surface area contributed by atoms with Crippen LogP contribution in [0.15, 0.2) is 18.2 Å². The smallest absolute Gasteiger partial charge is 0.255 e. The van der Waals surface area contributed by atoms with E-state index < -0.39 is 10.0 Å². The molecule has 21 heavy (non-hydrogen) atoms. The number of nitrogens with two attached hydrogens (primary N) is 1. The number of anilines is 1. The lowest BCUT2D eigenvalue weighted by molar-refractivity contribution is 0.0703. The van der Waals surface area contributed by atoms with Crippen LogP contribution in [0.2, 0.25) is 5.02 Å². The average molecular weight is 332 g/mol. The molecule has 3 N–H and O–H groups in total. The number of halogens is 1. The van der Waals surface area contributed by atoms with E-state index in [0.717, 1.165) is 12.7 Å². The number of carbonyl (C=O) groups is 1. The number of amides is 1. The molecule has 1 aliphatic heterocycles. The van der Waals surface area contributed by atoms with Crippen LogP contribution < -0.4 is 10.5 Å². The molecular formula is C13H18ClN3O3S. The fraction of sp³-hybridized carbons (Fsp3) is 0.462. The van der Waals surface area contributed by atoms with E-state index in [0.29, 0.717) is 30.8 Å². The predicted octanol–water partition coefficient (Wildman–Crippen LogP) is 1.08. The topological polar surface area (TPSA) is 92.5 Å². The van der Waals surface area contributed by atoms with Gasteiger partial charge in [0, 0.05) is 19.1 Å².